The van der Waals surface area contributed by atoms with Crippen molar-refractivity contribution in [2.75, 3.05) is 18.1 Å². The van der Waals surface area contributed by atoms with E-state index in [9.17, 15) is 4.79 Å². The van der Waals surface area contributed by atoms with Crippen LogP contribution in [0.3, 0.4) is 0 Å². The van der Waals surface area contributed by atoms with E-state index in [4.69, 9.17) is 4.74 Å². The molecular weight excluding hydrogens is 190 g/mol. The number of hydrogen-bond acceptors (Lipinski definition) is 5. The first-order valence-electron chi connectivity index (χ1n) is 4.01. The molecule has 1 aromatic rings. The van der Waals surface area contributed by atoms with Gasteiger partial charge in [0, 0.05) is 18.1 Å². The first kappa shape index (κ1) is 9.91. The number of carbonyl (C=O) groups excluding carboxylic acids is 1. The first-order valence-corrected chi connectivity index (χ1v) is 4.78. The molecule has 0 bridgehead atoms. The van der Waals surface area contributed by atoms with E-state index in [2.05, 4.69) is 9.59 Å². The highest BCUT2D eigenvalue weighted by Gasteiger charge is 2.16. The van der Waals surface area contributed by atoms with E-state index in [1.54, 1.807) is 13.1 Å². The first-order chi connectivity index (χ1) is 6.29. The normalized spacial score (nSPS) is 9.69. The van der Waals surface area contributed by atoms with E-state index in [0.29, 0.717) is 18.2 Å². The summed E-state index contributed by atoms with van der Waals surface area (Å²) in [6.07, 6.45) is 1.20. The van der Waals surface area contributed by atoms with Crippen LogP contribution in [0.5, 0.6) is 0 Å². The van der Waals surface area contributed by atoms with Gasteiger partial charge in [-0.05, 0) is 13.8 Å². The van der Waals surface area contributed by atoms with Gasteiger partial charge >= 0.3 is 6.09 Å². The van der Waals surface area contributed by atoms with Crippen molar-refractivity contribution in [1.29, 1.82) is 0 Å². The van der Waals surface area contributed by atoms with Gasteiger partial charge in [-0.1, -0.05) is 4.49 Å². The van der Waals surface area contributed by atoms with Crippen molar-refractivity contribution >= 4 is 22.6 Å². The lowest BCUT2D eigenvalue weighted by Gasteiger charge is -2.16. The topological polar surface area (TPSA) is 55.3 Å². The quantitative estimate of drug-likeness (QED) is 0.744. The molecular formula is C7H11N3O2S. The number of ether oxygens (including phenoxy) is 1. The predicted octanol–water partition coefficient (Wildman–Crippen LogP) is 1.52. The lowest BCUT2D eigenvalue weighted by molar-refractivity contribution is 0.160. The highest BCUT2D eigenvalue weighted by atomic mass is 32.1. The Bertz CT molecular complexity index is 263. The largest absolute Gasteiger partial charge is 0.449 e. The number of carbonyl (C=O) groups is 1. The Hall–Kier alpha value is -1.17. The molecule has 6 heteroatoms. The SMILES string of the molecule is CCOC(=O)N(CC)c1cnns1. The van der Waals surface area contributed by atoms with Crippen LogP contribution in [0.2, 0.25) is 0 Å². The van der Waals surface area contributed by atoms with Crippen molar-refractivity contribution in [3.63, 3.8) is 0 Å². The second-order valence-electron chi connectivity index (χ2n) is 2.20. The van der Waals surface area contributed by atoms with Crippen molar-refractivity contribution < 1.29 is 9.53 Å². The zero-order valence-corrected chi connectivity index (χ0v) is 8.37. The molecule has 0 aromatic carbocycles. The summed E-state index contributed by atoms with van der Waals surface area (Å²) in [4.78, 5) is 12.8. The lowest BCUT2D eigenvalue weighted by atomic mass is 10.6. The molecule has 1 aromatic heterocycles. The van der Waals surface area contributed by atoms with Crippen LogP contribution in [-0.2, 0) is 4.74 Å². The number of hydrogen-bond donors (Lipinski definition) is 0. The molecule has 13 heavy (non-hydrogen) atoms. The van der Waals surface area contributed by atoms with Crippen LogP contribution in [0.1, 0.15) is 13.8 Å². The maximum Gasteiger partial charge on any atom is 0.414 e. The second kappa shape index (κ2) is 4.76. The molecule has 0 unspecified atom stereocenters. The van der Waals surface area contributed by atoms with Gasteiger partial charge in [0.2, 0.25) is 0 Å². The van der Waals surface area contributed by atoms with Gasteiger partial charge < -0.3 is 4.74 Å². The number of anilines is 1. The Morgan fingerprint density at radius 3 is 2.92 bits per heavy atom. The minimum absolute atomic E-state index is 0.351. The summed E-state index contributed by atoms with van der Waals surface area (Å²) < 4.78 is 8.53. The van der Waals surface area contributed by atoms with Crippen LogP contribution >= 0.6 is 11.5 Å². The molecule has 0 atom stereocenters. The molecule has 1 heterocycles. The molecule has 5 nitrogen and oxygen atoms in total. The summed E-state index contributed by atoms with van der Waals surface area (Å²) in [5.74, 6) is 0. The van der Waals surface area contributed by atoms with Crippen molar-refractivity contribution in [2.24, 2.45) is 0 Å². The summed E-state index contributed by atoms with van der Waals surface area (Å²) in [6, 6.07) is 0. The smallest absolute Gasteiger partial charge is 0.414 e. The fourth-order valence-corrected chi connectivity index (χ4v) is 1.43. The third-order valence-electron chi connectivity index (χ3n) is 1.42. The molecule has 0 spiro atoms. The fraction of sp³-hybridized carbons (Fsp3) is 0.571. The maximum absolute atomic E-state index is 11.3. The van der Waals surface area contributed by atoms with Crippen molar-refractivity contribution in [2.45, 2.75) is 13.8 Å². The summed E-state index contributed by atoms with van der Waals surface area (Å²) in [5.41, 5.74) is 0. The Balaban J connectivity index is 2.68. The minimum Gasteiger partial charge on any atom is -0.449 e. The average molecular weight is 201 g/mol. The summed E-state index contributed by atoms with van der Waals surface area (Å²) in [5, 5.41) is 4.36. The Kier molecular flexibility index (Phi) is 3.63. The zero-order valence-electron chi connectivity index (χ0n) is 7.56. The predicted molar refractivity (Wildman–Crippen MR) is 50.0 cm³/mol. The number of nitrogens with zero attached hydrogens (tertiary/aromatic N) is 3. The lowest BCUT2D eigenvalue weighted by Crippen LogP contribution is -2.30. The van der Waals surface area contributed by atoms with Crippen LogP contribution in [0.4, 0.5) is 9.80 Å². The van der Waals surface area contributed by atoms with Crippen molar-refractivity contribution in [3.05, 3.63) is 6.20 Å². The minimum atomic E-state index is -0.351. The molecule has 72 valence electrons. The van der Waals surface area contributed by atoms with Crippen LogP contribution in [-0.4, -0.2) is 28.8 Å². The molecule has 0 saturated heterocycles. The third-order valence-corrected chi connectivity index (χ3v) is 2.11. The molecule has 0 N–H and O–H groups in total. The zero-order chi connectivity index (χ0) is 9.68. The second-order valence-corrected chi connectivity index (χ2v) is 2.96. The van der Waals surface area contributed by atoms with Gasteiger partial charge in [-0.25, -0.2) is 4.79 Å². The highest BCUT2D eigenvalue weighted by molar-refractivity contribution is 7.10. The molecule has 0 aliphatic rings. The molecule has 1 rings (SSSR count). The van der Waals surface area contributed by atoms with E-state index in [1.165, 1.54) is 16.4 Å². The Morgan fingerprint density at radius 2 is 2.46 bits per heavy atom. The monoisotopic (exact) mass is 201 g/mol. The average Bonchev–Trinajstić information content (AvgIpc) is 2.59. The number of amides is 1. The number of aromatic nitrogens is 2. The molecule has 0 saturated carbocycles. The van der Waals surface area contributed by atoms with Gasteiger partial charge in [0.1, 0.15) is 5.00 Å². The Morgan fingerprint density at radius 1 is 1.69 bits per heavy atom. The van der Waals surface area contributed by atoms with E-state index >= 15 is 0 Å². The summed E-state index contributed by atoms with van der Waals surface area (Å²) >= 11 is 1.17. The molecule has 0 radical (unpaired) electrons. The molecule has 0 fully saturated rings. The standard InChI is InChI=1S/C7H11N3O2S/c1-3-10(7(11)12-4-2)6-5-8-9-13-6/h5H,3-4H2,1-2H3. The van der Waals surface area contributed by atoms with Gasteiger partial charge in [0.25, 0.3) is 0 Å². The third kappa shape index (κ3) is 2.38. The molecule has 0 aliphatic heterocycles. The van der Waals surface area contributed by atoms with Gasteiger partial charge in [0.05, 0.1) is 12.8 Å². The van der Waals surface area contributed by atoms with Gasteiger partial charge in [0.15, 0.2) is 0 Å². The summed E-state index contributed by atoms with van der Waals surface area (Å²) in [7, 11) is 0. The van der Waals surface area contributed by atoms with Crippen LogP contribution in [0, 0.1) is 0 Å². The number of rotatable bonds is 3. The van der Waals surface area contributed by atoms with Crippen LogP contribution in [0.25, 0.3) is 0 Å². The van der Waals surface area contributed by atoms with Gasteiger partial charge in [-0.3, -0.25) is 4.90 Å². The van der Waals surface area contributed by atoms with E-state index in [1.807, 2.05) is 6.92 Å². The van der Waals surface area contributed by atoms with Crippen molar-refractivity contribution in [3.8, 4) is 0 Å². The van der Waals surface area contributed by atoms with Crippen LogP contribution < -0.4 is 4.90 Å². The highest BCUT2D eigenvalue weighted by Crippen LogP contribution is 2.17. The van der Waals surface area contributed by atoms with E-state index in [0.717, 1.165) is 0 Å². The molecule has 0 aliphatic carbocycles. The van der Waals surface area contributed by atoms with Crippen LogP contribution in [0.15, 0.2) is 6.20 Å². The van der Waals surface area contributed by atoms with Gasteiger partial charge in [-0.15, -0.1) is 5.10 Å². The van der Waals surface area contributed by atoms with Gasteiger partial charge in [-0.2, -0.15) is 0 Å². The summed E-state index contributed by atoms with van der Waals surface area (Å²) in [6.45, 7) is 4.58. The fourth-order valence-electron chi connectivity index (χ4n) is 0.857. The van der Waals surface area contributed by atoms with Crippen molar-refractivity contribution in [1.82, 2.24) is 9.59 Å². The van der Waals surface area contributed by atoms with E-state index in [-0.39, 0.29) is 6.09 Å². The Labute approximate surface area is 80.5 Å². The molecule has 1 amide bonds. The van der Waals surface area contributed by atoms with E-state index < -0.39 is 0 Å². The maximum atomic E-state index is 11.3.